The van der Waals surface area contributed by atoms with Crippen LogP contribution < -0.4 is 10.6 Å². The van der Waals surface area contributed by atoms with Crippen molar-refractivity contribution in [2.45, 2.75) is 51.9 Å². The minimum Gasteiger partial charge on any atom is -0.390 e. The van der Waals surface area contributed by atoms with Gasteiger partial charge in [0, 0.05) is 17.8 Å². The van der Waals surface area contributed by atoms with E-state index in [4.69, 9.17) is 9.97 Å². The average molecular weight is 508 g/mol. The van der Waals surface area contributed by atoms with Crippen LogP contribution in [0.15, 0.2) is 42.6 Å². The highest BCUT2D eigenvalue weighted by Gasteiger charge is 2.42. The van der Waals surface area contributed by atoms with E-state index in [0.29, 0.717) is 23.8 Å². The summed E-state index contributed by atoms with van der Waals surface area (Å²) in [7, 11) is 0. The molecule has 4 atom stereocenters. The molecule has 4 aromatic rings. The van der Waals surface area contributed by atoms with E-state index < -0.39 is 30.8 Å². The van der Waals surface area contributed by atoms with Crippen LogP contribution in [0.3, 0.4) is 0 Å². The highest BCUT2D eigenvalue weighted by Crippen LogP contribution is 2.36. The molecule has 0 spiro atoms. The molecule has 0 bridgehead atoms. The number of aromatic nitrogens is 3. The molecule has 0 amide bonds. The van der Waals surface area contributed by atoms with Crippen LogP contribution in [0, 0.1) is 19.8 Å². The van der Waals surface area contributed by atoms with Gasteiger partial charge >= 0.3 is 0 Å². The minimum absolute atomic E-state index is 0.293. The van der Waals surface area contributed by atoms with Crippen LogP contribution in [0.2, 0.25) is 0 Å². The van der Waals surface area contributed by atoms with E-state index in [0.717, 1.165) is 27.3 Å². The number of hydrogen-bond donors (Lipinski definition) is 4. The Balaban J connectivity index is 1.52. The van der Waals surface area contributed by atoms with Gasteiger partial charge in [0.25, 0.3) is 0 Å². The normalized spacial score (nSPS) is 21.7. The summed E-state index contributed by atoms with van der Waals surface area (Å²) in [6.45, 7) is 5.64. The number of hydrogen-bond acceptors (Lipinski definition) is 8. The maximum absolute atomic E-state index is 13.4. The number of nitrogens with one attached hydrogen (secondary N) is 2. The molecule has 1 saturated carbocycles. The maximum Gasteiger partial charge on any atom is 0.229 e. The van der Waals surface area contributed by atoms with Gasteiger partial charge in [-0.3, -0.25) is 4.39 Å². The number of aliphatic hydroxyl groups excluding tert-OH is 2. The summed E-state index contributed by atoms with van der Waals surface area (Å²) in [5.41, 5.74) is 6.16. The van der Waals surface area contributed by atoms with Gasteiger partial charge in [-0.1, -0.05) is 19.1 Å². The first-order valence-corrected chi connectivity index (χ1v) is 13.0. The van der Waals surface area contributed by atoms with E-state index in [1.54, 1.807) is 6.20 Å². The van der Waals surface area contributed by atoms with Crippen molar-refractivity contribution in [2.75, 3.05) is 17.3 Å². The Morgan fingerprint density at radius 2 is 1.83 bits per heavy atom. The Labute approximate surface area is 213 Å². The lowest BCUT2D eigenvalue weighted by Crippen LogP contribution is -2.35. The number of thiazole rings is 1. The number of halogens is 1. The summed E-state index contributed by atoms with van der Waals surface area (Å²) in [5.74, 6) is 0.243. The number of anilines is 3. The van der Waals surface area contributed by atoms with E-state index in [1.165, 1.54) is 28.0 Å². The van der Waals surface area contributed by atoms with Crippen molar-refractivity contribution in [3.05, 3.63) is 59.3 Å². The molecule has 4 unspecified atom stereocenters. The van der Waals surface area contributed by atoms with Crippen molar-refractivity contribution < 1.29 is 14.6 Å². The second kappa shape index (κ2) is 10.1. The Kier molecular flexibility index (Phi) is 6.87. The van der Waals surface area contributed by atoms with Crippen LogP contribution >= 0.6 is 11.3 Å². The van der Waals surface area contributed by atoms with Gasteiger partial charge in [-0.15, -0.1) is 11.3 Å². The van der Waals surface area contributed by atoms with E-state index >= 15 is 0 Å². The summed E-state index contributed by atoms with van der Waals surface area (Å²) in [6, 6.07) is 11.5. The third-order valence-electron chi connectivity index (χ3n) is 6.94. The summed E-state index contributed by atoms with van der Waals surface area (Å²) in [4.78, 5) is 14.0. The average Bonchev–Trinajstić information content (AvgIpc) is 3.40. The molecule has 2 heterocycles. The van der Waals surface area contributed by atoms with Gasteiger partial charge < -0.3 is 20.8 Å². The monoisotopic (exact) mass is 507 g/mol. The van der Waals surface area contributed by atoms with Gasteiger partial charge in [0.05, 0.1) is 34.6 Å². The lowest BCUT2D eigenvalue weighted by atomic mass is 10.00. The summed E-state index contributed by atoms with van der Waals surface area (Å²) in [5, 5.41) is 28.1. The van der Waals surface area contributed by atoms with Gasteiger partial charge in [-0.05, 0) is 67.6 Å². The lowest BCUT2D eigenvalue weighted by Gasteiger charge is -2.20. The first-order chi connectivity index (χ1) is 17.4. The van der Waals surface area contributed by atoms with Crippen molar-refractivity contribution in [2.24, 2.45) is 5.92 Å². The standard InChI is InChI=1S/C27H30FN5O2S/c1-4-18-14(2)9-17(10-15(18)3)30-27-29-13-19(26-32-20-7-5-6-8-22(20)36-26)25(33-27)31-21-11-16(12-28)23(34)24(21)35/h5-10,13,16,21,23-24,34-35H,4,11-12H2,1-3H3,(H2,29,30,31,33). The zero-order chi connectivity index (χ0) is 25.4. The summed E-state index contributed by atoms with van der Waals surface area (Å²) >= 11 is 1.52. The molecule has 0 saturated heterocycles. The van der Waals surface area contributed by atoms with E-state index in [1.807, 2.05) is 24.3 Å². The molecular weight excluding hydrogens is 477 g/mol. The van der Waals surface area contributed by atoms with Crippen LogP contribution in [-0.2, 0) is 6.42 Å². The zero-order valence-corrected chi connectivity index (χ0v) is 21.3. The summed E-state index contributed by atoms with van der Waals surface area (Å²) in [6.07, 6.45) is 0.740. The van der Waals surface area contributed by atoms with E-state index in [-0.39, 0.29) is 0 Å². The number of nitrogens with zero attached hydrogens (tertiary/aromatic N) is 3. The van der Waals surface area contributed by atoms with Crippen molar-refractivity contribution >= 4 is 39.0 Å². The predicted molar refractivity (Wildman–Crippen MR) is 143 cm³/mol. The molecule has 2 aromatic carbocycles. The topological polar surface area (TPSA) is 103 Å². The van der Waals surface area contributed by atoms with Gasteiger partial charge in [0.15, 0.2) is 0 Å². The van der Waals surface area contributed by atoms with Crippen molar-refractivity contribution in [1.82, 2.24) is 15.0 Å². The maximum atomic E-state index is 13.4. The molecule has 4 N–H and O–H groups in total. The van der Waals surface area contributed by atoms with Crippen molar-refractivity contribution in [1.29, 1.82) is 0 Å². The molecule has 0 aliphatic heterocycles. The molecule has 188 valence electrons. The molecule has 1 fully saturated rings. The number of aliphatic hydroxyl groups is 2. The molecular formula is C27H30FN5O2S. The fraction of sp³-hybridized carbons (Fsp3) is 0.370. The highest BCUT2D eigenvalue weighted by molar-refractivity contribution is 7.21. The van der Waals surface area contributed by atoms with Gasteiger partial charge in [-0.2, -0.15) is 4.98 Å². The molecule has 7 nitrogen and oxygen atoms in total. The Morgan fingerprint density at radius 3 is 2.50 bits per heavy atom. The number of aryl methyl sites for hydroxylation is 2. The Morgan fingerprint density at radius 1 is 1.08 bits per heavy atom. The number of alkyl halides is 1. The molecule has 1 aliphatic rings. The third kappa shape index (κ3) is 4.66. The number of rotatable bonds is 7. The zero-order valence-electron chi connectivity index (χ0n) is 20.5. The number of fused-ring (bicyclic) bond motifs is 1. The third-order valence-corrected chi connectivity index (χ3v) is 8.01. The summed E-state index contributed by atoms with van der Waals surface area (Å²) < 4.78 is 14.4. The molecule has 0 radical (unpaired) electrons. The second-order valence-electron chi connectivity index (χ2n) is 9.39. The quantitative estimate of drug-likeness (QED) is 0.274. The predicted octanol–water partition coefficient (Wildman–Crippen LogP) is 5.17. The van der Waals surface area contributed by atoms with Crippen LogP contribution in [0.5, 0.6) is 0 Å². The molecule has 2 aromatic heterocycles. The van der Waals surface area contributed by atoms with Crippen molar-refractivity contribution in [3.63, 3.8) is 0 Å². The fourth-order valence-corrected chi connectivity index (χ4v) is 6.02. The molecule has 9 heteroatoms. The van der Waals surface area contributed by atoms with Crippen LogP contribution in [0.4, 0.5) is 21.8 Å². The van der Waals surface area contributed by atoms with Gasteiger partial charge in [-0.25, -0.2) is 9.97 Å². The van der Waals surface area contributed by atoms with Crippen molar-refractivity contribution in [3.8, 4) is 10.6 Å². The minimum atomic E-state index is -1.12. The van der Waals surface area contributed by atoms with Crippen LogP contribution in [0.25, 0.3) is 20.8 Å². The smallest absolute Gasteiger partial charge is 0.229 e. The highest BCUT2D eigenvalue weighted by atomic mass is 32.1. The van der Waals surface area contributed by atoms with E-state index in [2.05, 4.69) is 48.5 Å². The van der Waals surface area contributed by atoms with Gasteiger partial charge in [0.1, 0.15) is 16.9 Å². The molecule has 1 aliphatic carbocycles. The SMILES string of the molecule is CCc1c(C)cc(Nc2ncc(-c3nc4ccccc4s3)c(NC3CC(CF)C(O)C3O)n2)cc1C. The molecule has 36 heavy (non-hydrogen) atoms. The first kappa shape index (κ1) is 24.5. The lowest BCUT2D eigenvalue weighted by molar-refractivity contribution is 0.0124. The Bertz CT molecular complexity index is 1340. The molecule has 5 rings (SSSR count). The van der Waals surface area contributed by atoms with Crippen LogP contribution in [-0.4, -0.2) is 50.1 Å². The van der Waals surface area contributed by atoms with E-state index in [9.17, 15) is 14.6 Å². The largest absolute Gasteiger partial charge is 0.390 e. The number of benzene rings is 2. The second-order valence-corrected chi connectivity index (χ2v) is 10.4. The number of para-hydroxylation sites is 1. The van der Waals surface area contributed by atoms with Gasteiger partial charge in [0.2, 0.25) is 5.95 Å². The fourth-order valence-electron chi connectivity index (χ4n) is 5.04. The first-order valence-electron chi connectivity index (χ1n) is 12.2. The van der Waals surface area contributed by atoms with Crippen LogP contribution in [0.1, 0.15) is 30.0 Å². The Hall–Kier alpha value is -3.14.